The number of aromatic amines is 1. The zero-order valence-corrected chi connectivity index (χ0v) is 12.4. The molecular formula is C18H16ClNO. The lowest BCUT2D eigenvalue weighted by atomic mass is 9.96. The maximum absolute atomic E-state index is 10.6. The van der Waals surface area contributed by atoms with Gasteiger partial charge in [0.15, 0.2) is 0 Å². The fourth-order valence-corrected chi connectivity index (χ4v) is 2.54. The minimum Gasteiger partial charge on any atom is -0.384 e. The van der Waals surface area contributed by atoms with Gasteiger partial charge in [0.2, 0.25) is 0 Å². The smallest absolute Gasteiger partial charge is 0.106 e. The number of nitrogens with one attached hydrogen (secondary N) is 1. The molecule has 0 bridgehead atoms. The summed E-state index contributed by atoms with van der Waals surface area (Å²) >= 11 is 5.90. The van der Waals surface area contributed by atoms with Crippen molar-refractivity contribution in [1.82, 2.24) is 4.98 Å². The Labute approximate surface area is 129 Å². The quantitative estimate of drug-likeness (QED) is 0.720. The van der Waals surface area contributed by atoms with E-state index in [1.165, 1.54) is 5.56 Å². The monoisotopic (exact) mass is 297 g/mol. The first-order chi connectivity index (χ1) is 10.1. The maximum Gasteiger partial charge on any atom is 0.106 e. The van der Waals surface area contributed by atoms with E-state index in [1.54, 1.807) is 12.1 Å². The van der Waals surface area contributed by atoms with E-state index in [4.69, 9.17) is 11.6 Å². The molecule has 1 atom stereocenters. The lowest BCUT2D eigenvalue weighted by Crippen LogP contribution is -1.99. The third-order valence-electron chi connectivity index (χ3n) is 3.62. The summed E-state index contributed by atoms with van der Waals surface area (Å²) in [7, 11) is 0. The number of aryl methyl sites for hydroxylation is 1. The van der Waals surface area contributed by atoms with Gasteiger partial charge in [-0.15, -0.1) is 0 Å². The Morgan fingerprint density at radius 1 is 0.952 bits per heavy atom. The molecule has 106 valence electrons. The van der Waals surface area contributed by atoms with E-state index in [2.05, 4.69) is 36.2 Å². The molecule has 0 spiro atoms. The molecule has 0 fully saturated rings. The van der Waals surface area contributed by atoms with Gasteiger partial charge in [-0.1, -0.05) is 53.6 Å². The molecule has 0 radical (unpaired) electrons. The number of aliphatic hydroxyl groups is 1. The van der Waals surface area contributed by atoms with Crippen LogP contribution in [0.15, 0.2) is 60.9 Å². The molecule has 2 aromatic carbocycles. The molecule has 2 N–H and O–H groups in total. The molecule has 0 saturated carbocycles. The van der Waals surface area contributed by atoms with E-state index < -0.39 is 6.10 Å². The summed E-state index contributed by atoms with van der Waals surface area (Å²) in [6.07, 6.45) is 3.08. The average Bonchev–Trinajstić information content (AvgIpc) is 2.97. The molecular weight excluding hydrogens is 282 g/mol. The van der Waals surface area contributed by atoms with E-state index >= 15 is 0 Å². The van der Waals surface area contributed by atoms with E-state index in [0.29, 0.717) is 5.02 Å². The Morgan fingerprint density at radius 2 is 1.62 bits per heavy atom. The van der Waals surface area contributed by atoms with Crippen LogP contribution in [0.4, 0.5) is 0 Å². The van der Waals surface area contributed by atoms with Crippen molar-refractivity contribution in [1.29, 1.82) is 0 Å². The molecule has 1 aromatic heterocycles. The maximum atomic E-state index is 10.6. The number of H-pyrrole nitrogens is 1. The molecule has 0 saturated heterocycles. The van der Waals surface area contributed by atoms with Crippen LogP contribution in [0.3, 0.4) is 0 Å². The molecule has 0 aliphatic heterocycles. The zero-order chi connectivity index (χ0) is 14.8. The minimum atomic E-state index is -0.676. The number of hydrogen-bond donors (Lipinski definition) is 2. The first kappa shape index (κ1) is 13.9. The molecule has 3 heteroatoms. The summed E-state index contributed by atoms with van der Waals surface area (Å²) in [5.74, 6) is 0. The van der Waals surface area contributed by atoms with Gasteiger partial charge in [0.05, 0.1) is 0 Å². The van der Waals surface area contributed by atoms with Gasteiger partial charge >= 0.3 is 0 Å². The fourth-order valence-electron chi connectivity index (χ4n) is 2.41. The fraction of sp³-hybridized carbons (Fsp3) is 0.111. The normalized spacial score (nSPS) is 12.3. The molecule has 1 unspecified atom stereocenters. The van der Waals surface area contributed by atoms with Crippen molar-refractivity contribution in [3.8, 4) is 11.1 Å². The van der Waals surface area contributed by atoms with Crippen LogP contribution < -0.4 is 0 Å². The Hall–Kier alpha value is -2.03. The first-order valence-electron chi connectivity index (χ1n) is 6.82. The van der Waals surface area contributed by atoms with Crippen molar-refractivity contribution in [2.24, 2.45) is 0 Å². The van der Waals surface area contributed by atoms with Gasteiger partial charge in [0.25, 0.3) is 0 Å². The predicted molar refractivity (Wildman–Crippen MR) is 86.5 cm³/mol. The second-order valence-corrected chi connectivity index (χ2v) is 5.58. The highest BCUT2D eigenvalue weighted by Crippen LogP contribution is 2.32. The van der Waals surface area contributed by atoms with Crippen molar-refractivity contribution >= 4 is 11.6 Å². The van der Waals surface area contributed by atoms with E-state index in [-0.39, 0.29) is 0 Å². The Balaban J connectivity index is 1.98. The second-order valence-electron chi connectivity index (χ2n) is 5.14. The summed E-state index contributed by atoms with van der Waals surface area (Å²) in [6, 6.07) is 15.5. The summed E-state index contributed by atoms with van der Waals surface area (Å²) < 4.78 is 0. The molecule has 1 heterocycles. The van der Waals surface area contributed by atoms with Crippen LogP contribution in [0.5, 0.6) is 0 Å². The minimum absolute atomic E-state index is 0.666. The Kier molecular flexibility index (Phi) is 3.82. The van der Waals surface area contributed by atoms with Crippen molar-refractivity contribution in [3.63, 3.8) is 0 Å². The van der Waals surface area contributed by atoms with Crippen LogP contribution in [0.2, 0.25) is 5.02 Å². The first-order valence-corrected chi connectivity index (χ1v) is 7.20. The number of rotatable bonds is 3. The number of hydrogen-bond acceptors (Lipinski definition) is 1. The average molecular weight is 298 g/mol. The summed E-state index contributed by atoms with van der Waals surface area (Å²) in [6.45, 7) is 2.06. The van der Waals surface area contributed by atoms with Gasteiger partial charge in [-0.3, -0.25) is 0 Å². The standard InChI is InChI=1S/C18H16ClNO/c1-12-2-4-13(5-3-12)16-10-20-11-17(16)18(21)14-6-8-15(19)9-7-14/h2-11,18,20-21H,1H3. The second kappa shape index (κ2) is 5.76. The third-order valence-corrected chi connectivity index (χ3v) is 3.87. The van der Waals surface area contributed by atoms with Crippen LogP contribution >= 0.6 is 11.6 Å². The van der Waals surface area contributed by atoms with Crippen LogP contribution in [0.1, 0.15) is 22.8 Å². The molecule has 0 aliphatic carbocycles. The number of halogens is 1. The van der Waals surface area contributed by atoms with Gasteiger partial charge in [-0.25, -0.2) is 0 Å². The Bertz CT molecular complexity index is 729. The van der Waals surface area contributed by atoms with Gasteiger partial charge in [0, 0.05) is 28.5 Å². The summed E-state index contributed by atoms with van der Waals surface area (Å²) in [5, 5.41) is 11.3. The van der Waals surface area contributed by atoms with Gasteiger partial charge < -0.3 is 10.1 Å². The molecule has 3 aromatic rings. The van der Waals surface area contributed by atoms with E-state index in [1.807, 2.05) is 24.5 Å². The lowest BCUT2D eigenvalue weighted by Gasteiger charge is -2.12. The predicted octanol–water partition coefficient (Wildman–Crippen LogP) is 4.73. The van der Waals surface area contributed by atoms with E-state index in [0.717, 1.165) is 22.3 Å². The zero-order valence-electron chi connectivity index (χ0n) is 11.7. The van der Waals surface area contributed by atoms with Crippen LogP contribution in [0.25, 0.3) is 11.1 Å². The van der Waals surface area contributed by atoms with Crippen molar-refractivity contribution in [2.75, 3.05) is 0 Å². The molecule has 21 heavy (non-hydrogen) atoms. The molecule has 0 aliphatic rings. The van der Waals surface area contributed by atoms with Crippen molar-refractivity contribution in [2.45, 2.75) is 13.0 Å². The van der Waals surface area contributed by atoms with Crippen LogP contribution in [-0.2, 0) is 0 Å². The van der Waals surface area contributed by atoms with Crippen molar-refractivity contribution < 1.29 is 5.11 Å². The topological polar surface area (TPSA) is 36.0 Å². The SMILES string of the molecule is Cc1ccc(-c2c[nH]cc2C(O)c2ccc(Cl)cc2)cc1. The largest absolute Gasteiger partial charge is 0.384 e. The highest BCUT2D eigenvalue weighted by Gasteiger charge is 2.16. The highest BCUT2D eigenvalue weighted by atomic mass is 35.5. The van der Waals surface area contributed by atoms with Gasteiger partial charge in [-0.05, 0) is 30.2 Å². The molecule has 3 rings (SSSR count). The highest BCUT2D eigenvalue weighted by molar-refractivity contribution is 6.30. The lowest BCUT2D eigenvalue weighted by molar-refractivity contribution is 0.221. The van der Waals surface area contributed by atoms with Gasteiger partial charge in [-0.2, -0.15) is 0 Å². The van der Waals surface area contributed by atoms with Crippen molar-refractivity contribution in [3.05, 3.63) is 82.6 Å². The number of aromatic nitrogens is 1. The summed E-state index contributed by atoms with van der Waals surface area (Å²) in [5.41, 5.74) is 5.00. The number of aliphatic hydroxyl groups excluding tert-OH is 1. The third kappa shape index (κ3) is 2.87. The summed E-state index contributed by atoms with van der Waals surface area (Å²) in [4.78, 5) is 3.09. The Morgan fingerprint density at radius 3 is 2.29 bits per heavy atom. The van der Waals surface area contributed by atoms with Gasteiger partial charge in [0.1, 0.15) is 6.10 Å². The number of benzene rings is 2. The molecule has 0 amide bonds. The van der Waals surface area contributed by atoms with Crippen LogP contribution in [0, 0.1) is 6.92 Å². The van der Waals surface area contributed by atoms with E-state index in [9.17, 15) is 5.11 Å². The van der Waals surface area contributed by atoms with Crippen LogP contribution in [-0.4, -0.2) is 10.1 Å². The molecule has 2 nitrogen and oxygen atoms in total.